The van der Waals surface area contributed by atoms with Gasteiger partial charge < -0.3 is 10.0 Å². The van der Waals surface area contributed by atoms with E-state index < -0.39 is 17.8 Å². The third-order valence-corrected chi connectivity index (χ3v) is 2.92. The summed E-state index contributed by atoms with van der Waals surface area (Å²) in [6, 6.07) is 3.99. The summed E-state index contributed by atoms with van der Waals surface area (Å²) in [4.78, 5) is 1.78. The molecular formula is C12H14F3NO. The number of aliphatic hydroxyl groups excluding tert-OH is 1. The van der Waals surface area contributed by atoms with Crippen LogP contribution in [0.25, 0.3) is 0 Å². The van der Waals surface area contributed by atoms with Crippen LogP contribution in [-0.2, 0) is 6.18 Å². The molecule has 5 heteroatoms. The molecule has 1 saturated heterocycles. The highest BCUT2D eigenvalue weighted by atomic mass is 19.4. The molecule has 0 saturated carbocycles. The summed E-state index contributed by atoms with van der Waals surface area (Å²) >= 11 is 0. The van der Waals surface area contributed by atoms with E-state index in [-0.39, 0.29) is 0 Å². The largest absolute Gasteiger partial charge is 0.416 e. The second-order valence-electron chi connectivity index (χ2n) is 4.44. The van der Waals surface area contributed by atoms with Crippen LogP contribution < -0.4 is 4.90 Å². The van der Waals surface area contributed by atoms with Crippen molar-refractivity contribution in [1.29, 1.82) is 0 Å². The molecule has 0 aromatic heterocycles. The summed E-state index contributed by atoms with van der Waals surface area (Å²) in [5, 5.41) is 9.40. The molecule has 1 aliphatic heterocycles. The SMILES string of the molecule is Cc1cc(N2CCC(O)C2)cc(C(F)(F)F)c1. The minimum Gasteiger partial charge on any atom is -0.391 e. The maximum atomic E-state index is 12.6. The molecule has 94 valence electrons. The lowest BCUT2D eigenvalue weighted by Crippen LogP contribution is -2.21. The Balaban J connectivity index is 2.32. The second-order valence-corrected chi connectivity index (χ2v) is 4.44. The highest BCUT2D eigenvalue weighted by Crippen LogP contribution is 2.33. The third kappa shape index (κ3) is 2.72. The number of rotatable bonds is 1. The van der Waals surface area contributed by atoms with Crippen LogP contribution >= 0.6 is 0 Å². The number of hydrogen-bond acceptors (Lipinski definition) is 2. The average molecular weight is 245 g/mol. The predicted molar refractivity (Wildman–Crippen MR) is 59.0 cm³/mol. The van der Waals surface area contributed by atoms with Gasteiger partial charge in [-0.1, -0.05) is 0 Å². The number of hydrogen-bond donors (Lipinski definition) is 1. The summed E-state index contributed by atoms with van der Waals surface area (Å²) in [5.74, 6) is 0. The minimum atomic E-state index is -4.32. The van der Waals surface area contributed by atoms with Crippen LogP contribution in [0.4, 0.5) is 18.9 Å². The van der Waals surface area contributed by atoms with Gasteiger partial charge in [0.2, 0.25) is 0 Å². The van der Waals surface area contributed by atoms with Crippen molar-refractivity contribution in [2.75, 3.05) is 18.0 Å². The predicted octanol–water partition coefficient (Wildman–Crippen LogP) is 2.58. The van der Waals surface area contributed by atoms with Gasteiger partial charge in [0, 0.05) is 18.8 Å². The van der Waals surface area contributed by atoms with E-state index in [1.165, 1.54) is 0 Å². The van der Waals surface area contributed by atoms with E-state index in [0.29, 0.717) is 30.8 Å². The van der Waals surface area contributed by atoms with Crippen LogP contribution in [0.2, 0.25) is 0 Å². The molecule has 1 atom stereocenters. The zero-order valence-corrected chi connectivity index (χ0v) is 9.46. The summed E-state index contributed by atoms with van der Waals surface area (Å²) in [6.45, 7) is 2.65. The number of aryl methyl sites for hydroxylation is 1. The van der Waals surface area contributed by atoms with Crippen LogP contribution in [0, 0.1) is 6.92 Å². The molecule has 0 radical (unpaired) electrons. The van der Waals surface area contributed by atoms with Gasteiger partial charge in [-0.25, -0.2) is 0 Å². The van der Waals surface area contributed by atoms with Crippen molar-refractivity contribution in [2.45, 2.75) is 25.6 Å². The maximum absolute atomic E-state index is 12.6. The molecule has 1 fully saturated rings. The summed E-state index contributed by atoms with van der Waals surface area (Å²) < 4.78 is 37.9. The minimum absolute atomic E-state index is 0.404. The van der Waals surface area contributed by atoms with E-state index in [2.05, 4.69) is 0 Å². The van der Waals surface area contributed by atoms with Gasteiger partial charge in [-0.15, -0.1) is 0 Å². The first kappa shape index (κ1) is 12.2. The summed E-state index contributed by atoms with van der Waals surface area (Å²) in [5.41, 5.74) is 0.485. The molecule has 1 aromatic rings. The Hall–Kier alpha value is -1.23. The first-order valence-electron chi connectivity index (χ1n) is 5.48. The van der Waals surface area contributed by atoms with E-state index in [1.54, 1.807) is 17.9 Å². The fourth-order valence-corrected chi connectivity index (χ4v) is 2.09. The Morgan fingerprint density at radius 2 is 2.00 bits per heavy atom. The van der Waals surface area contributed by atoms with Gasteiger partial charge >= 0.3 is 6.18 Å². The fraction of sp³-hybridized carbons (Fsp3) is 0.500. The van der Waals surface area contributed by atoms with Gasteiger partial charge in [0.1, 0.15) is 0 Å². The van der Waals surface area contributed by atoms with Gasteiger partial charge in [0.05, 0.1) is 11.7 Å². The van der Waals surface area contributed by atoms with E-state index in [0.717, 1.165) is 12.1 Å². The molecule has 1 aliphatic rings. The van der Waals surface area contributed by atoms with E-state index >= 15 is 0 Å². The number of anilines is 1. The molecule has 1 heterocycles. The van der Waals surface area contributed by atoms with Crippen molar-refractivity contribution >= 4 is 5.69 Å². The standard InChI is InChI=1S/C12H14F3NO/c1-8-4-9(12(13,14)15)6-10(5-8)16-3-2-11(17)7-16/h4-6,11,17H,2-3,7H2,1H3. The van der Waals surface area contributed by atoms with Crippen molar-refractivity contribution < 1.29 is 18.3 Å². The highest BCUT2D eigenvalue weighted by Gasteiger charge is 2.32. The highest BCUT2D eigenvalue weighted by molar-refractivity contribution is 5.52. The van der Waals surface area contributed by atoms with Crippen molar-refractivity contribution in [1.82, 2.24) is 0 Å². The van der Waals surface area contributed by atoms with Crippen molar-refractivity contribution in [3.05, 3.63) is 29.3 Å². The molecule has 1 N–H and O–H groups in total. The van der Waals surface area contributed by atoms with E-state index in [1.807, 2.05) is 0 Å². The van der Waals surface area contributed by atoms with E-state index in [4.69, 9.17) is 0 Å². The van der Waals surface area contributed by atoms with Gasteiger partial charge in [0.25, 0.3) is 0 Å². The maximum Gasteiger partial charge on any atom is 0.416 e. The Labute approximate surface area is 97.7 Å². The topological polar surface area (TPSA) is 23.5 Å². The van der Waals surface area contributed by atoms with Crippen LogP contribution in [0.3, 0.4) is 0 Å². The van der Waals surface area contributed by atoms with E-state index in [9.17, 15) is 18.3 Å². The smallest absolute Gasteiger partial charge is 0.391 e. The Morgan fingerprint density at radius 1 is 1.29 bits per heavy atom. The zero-order chi connectivity index (χ0) is 12.6. The molecule has 0 aliphatic carbocycles. The Bertz CT molecular complexity index is 417. The molecular weight excluding hydrogens is 231 g/mol. The zero-order valence-electron chi connectivity index (χ0n) is 9.46. The number of nitrogens with zero attached hydrogens (tertiary/aromatic N) is 1. The molecule has 17 heavy (non-hydrogen) atoms. The van der Waals surface area contributed by atoms with Gasteiger partial charge in [-0.2, -0.15) is 13.2 Å². The monoisotopic (exact) mass is 245 g/mol. The molecule has 1 aromatic carbocycles. The third-order valence-electron chi connectivity index (χ3n) is 2.92. The molecule has 2 rings (SSSR count). The summed E-state index contributed by atoms with van der Waals surface area (Å²) in [7, 11) is 0. The van der Waals surface area contributed by atoms with Crippen LogP contribution in [0.5, 0.6) is 0 Å². The lowest BCUT2D eigenvalue weighted by atomic mass is 10.1. The molecule has 0 spiro atoms. The van der Waals surface area contributed by atoms with Gasteiger partial charge in [-0.3, -0.25) is 0 Å². The Morgan fingerprint density at radius 3 is 2.53 bits per heavy atom. The summed E-state index contributed by atoms with van der Waals surface area (Å²) in [6.07, 6.45) is -4.15. The first-order valence-corrected chi connectivity index (χ1v) is 5.48. The second kappa shape index (κ2) is 4.22. The number of halogens is 3. The normalized spacial score (nSPS) is 21.0. The number of aliphatic hydroxyl groups is 1. The fourth-order valence-electron chi connectivity index (χ4n) is 2.09. The molecule has 1 unspecified atom stereocenters. The first-order chi connectivity index (χ1) is 7.86. The van der Waals surface area contributed by atoms with Crippen molar-refractivity contribution in [2.24, 2.45) is 0 Å². The lowest BCUT2D eigenvalue weighted by Gasteiger charge is -2.20. The number of alkyl halides is 3. The van der Waals surface area contributed by atoms with Crippen LogP contribution in [0.1, 0.15) is 17.5 Å². The average Bonchev–Trinajstić information content (AvgIpc) is 2.62. The molecule has 2 nitrogen and oxygen atoms in total. The Kier molecular flexibility index (Phi) is 3.03. The molecule has 0 bridgehead atoms. The van der Waals surface area contributed by atoms with Gasteiger partial charge in [-0.05, 0) is 37.1 Å². The van der Waals surface area contributed by atoms with Crippen LogP contribution in [0.15, 0.2) is 18.2 Å². The number of β-amino-alcohol motifs (C(OH)–C–C–N with tert-alkyl or cyclic N) is 1. The number of benzene rings is 1. The lowest BCUT2D eigenvalue weighted by molar-refractivity contribution is -0.137. The van der Waals surface area contributed by atoms with Crippen molar-refractivity contribution in [3.63, 3.8) is 0 Å². The quantitative estimate of drug-likeness (QED) is 0.822. The van der Waals surface area contributed by atoms with Crippen molar-refractivity contribution in [3.8, 4) is 0 Å². The van der Waals surface area contributed by atoms with Crippen LogP contribution in [-0.4, -0.2) is 24.3 Å². The molecule has 0 amide bonds. The van der Waals surface area contributed by atoms with Gasteiger partial charge in [0.15, 0.2) is 0 Å².